The third-order valence-electron chi connectivity index (χ3n) is 11.0. The summed E-state index contributed by atoms with van der Waals surface area (Å²) in [5, 5.41) is 31.6. The zero-order valence-corrected chi connectivity index (χ0v) is 30.7. The van der Waals surface area contributed by atoms with Crippen molar-refractivity contribution in [2.24, 2.45) is 0 Å². The summed E-state index contributed by atoms with van der Waals surface area (Å²) in [5.41, 5.74) is 10.3. The van der Waals surface area contributed by atoms with Gasteiger partial charge in [-0.05, 0) is 59.7 Å². The van der Waals surface area contributed by atoms with Gasteiger partial charge >= 0.3 is 6.03 Å². The lowest BCUT2D eigenvalue weighted by Gasteiger charge is -2.40. The van der Waals surface area contributed by atoms with E-state index in [0.717, 1.165) is 133 Å². The Balaban J connectivity index is 0.726. The minimum atomic E-state index is 0.151. The van der Waals surface area contributed by atoms with Crippen LogP contribution in [0.25, 0.3) is 67.1 Å². The van der Waals surface area contributed by atoms with Crippen molar-refractivity contribution in [2.75, 3.05) is 52.4 Å². The van der Waals surface area contributed by atoms with Crippen LogP contribution in [0, 0.1) is 0 Å². The minimum absolute atomic E-state index is 0.151. The van der Waals surface area contributed by atoms with Gasteiger partial charge in [0.05, 0.1) is 22.4 Å². The molecule has 0 bridgehead atoms. The molecule has 2 fully saturated rings. The maximum absolute atomic E-state index is 13.6. The van der Waals surface area contributed by atoms with Gasteiger partial charge in [0.1, 0.15) is 12.7 Å². The number of rotatable bonds is 8. The third-order valence-corrected chi connectivity index (χ3v) is 11.0. The quantitative estimate of drug-likeness (QED) is 0.159. The van der Waals surface area contributed by atoms with Crippen molar-refractivity contribution >= 4 is 27.8 Å². The van der Waals surface area contributed by atoms with Gasteiger partial charge in [0.15, 0.2) is 11.6 Å². The van der Waals surface area contributed by atoms with E-state index in [0.29, 0.717) is 0 Å². The Morgan fingerprint density at radius 3 is 1.41 bits per heavy atom. The number of hydrogen-bond donors (Lipinski definition) is 4. The van der Waals surface area contributed by atoms with Crippen molar-refractivity contribution in [3.8, 4) is 45.3 Å². The molecular weight excluding hydrogens is 705 g/mol. The van der Waals surface area contributed by atoms with Crippen LogP contribution >= 0.6 is 0 Å². The molecule has 15 nitrogen and oxygen atoms in total. The fraction of sp³-hybridized carbons (Fsp3) is 0.244. The second-order valence-corrected chi connectivity index (χ2v) is 14.5. The molecule has 4 aromatic carbocycles. The van der Waals surface area contributed by atoms with E-state index in [2.05, 4.69) is 121 Å². The molecule has 0 spiro atoms. The molecular formula is C41H40N14O. The van der Waals surface area contributed by atoms with Crippen molar-refractivity contribution in [3.63, 3.8) is 0 Å². The highest BCUT2D eigenvalue weighted by Gasteiger charge is 2.28. The topological polar surface area (TPSA) is 171 Å². The zero-order chi connectivity index (χ0) is 37.4. The van der Waals surface area contributed by atoms with Gasteiger partial charge in [0, 0.05) is 98.5 Å². The molecule has 2 amide bonds. The Labute approximate surface area is 321 Å². The van der Waals surface area contributed by atoms with Gasteiger partial charge in [-0.2, -0.15) is 20.4 Å². The number of benzene rings is 4. The van der Waals surface area contributed by atoms with Crippen LogP contribution in [0.3, 0.4) is 0 Å². The molecule has 0 saturated carbocycles. The van der Waals surface area contributed by atoms with Gasteiger partial charge in [0.2, 0.25) is 0 Å². The summed E-state index contributed by atoms with van der Waals surface area (Å²) in [7, 11) is 0. The summed E-state index contributed by atoms with van der Waals surface area (Å²) >= 11 is 0. The summed E-state index contributed by atoms with van der Waals surface area (Å²) < 4.78 is 0. The Bertz CT molecular complexity index is 2430. The highest BCUT2D eigenvalue weighted by molar-refractivity contribution is 5.96. The monoisotopic (exact) mass is 744 g/mol. The van der Waals surface area contributed by atoms with Gasteiger partial charge in [-0.25, -0.2) is 14.8 Å². The molecule has 0 radical (unpaired) electrons. The number of aromatic amines is 4. The predicted molar refractivity (Wildman–Crippen MR) is 213 cm³/mol. The summed E-state index contributed by atoms with van der Waals surface area (Å²) in [6, 6.07) is 29.6. The summed E-state index contributed by atoms with van der Waals surface area (Å²) in [5.74, 6) is 1.46. The molecule has 0 atom stereocenters. The van der Waals surface area contributed by atoms with Crippen molar-refractivity contribution < 1.29 is 4.79 Å². The summed E-state index contributed by atoms with van der Waals surface area (Å²) in [6.45, 7) is 7.89. The number of carbonyl (C=O) groups is 1. The van der Waals surface area contributed by atoms with Crippen molar-refractivity contribution in [2.45, 2.75) is 13.1 Å². The largest absolute Gasteiger partial charge is 0.322 e. The lowest BCUT2D eigenvalue weighted by atomic mass is 10.0. The minimum Gasteiger partial charge on any atom is -0.322 e. The van der Waals surface area contributed by atoms with Crippen molar-refractivity contribution in [1.29, 1.82) is 0 Å². The lowest BCUT2D eigenvalue weighted by Crippen LogP contribution is -2.56. The molecule has 8 aromatic rings. The van der Waals surface area contributed by atoms with Gasteiger partial charge in [-0.15, -0.1) is 0 Å². The van der Waals surface area contributed by atoms with E-state index in [9.17, 15) is 4.79 Å². The van der Waals surface area contributed by atoms with E-state index < -0.39 is 0 Å². The van der Waals surface area contributed by atoms with Crippen LogP contribution in [0.1, 0.15) is 11.1 Å². The molecule has 2 aliphatic rings. The number of nitrogens with zero attached hydrogens (tertiary/aromatic N) is 10. The molecule has 2 saturated heterocycles. The fourth-order valence-electron chi connectivity index (χ4n) is 8.00. The second kappa shape index (κ2) is 14.5. The van der Waals surface area contributed by atoms with Crippen LogP contribution in [-0.2, 0) is 13.1 Å². The number of fused-ring (bicyclic) bond motifs is 2. The predicted octanol–water partition coefficient (Wildman–Crippen LogP) is 5.40. The number of amides is 2. The maximum Gasteiger partial charge on any atom is 0.320 e. The Morgan fingerprint density at radius 2 is 0.982 bits per heavy atom. The van der Waals surface area contributed by atoms with Crippen LogP contribution in [0.4, 0.5) is 4.79 Å². The van der Waals surface area contributed by atoms with E-state index in [1.165, 1.54) is 23.8 Å². The smallest absolute Gasteiger partial charge is 0.320 e. The lowest BCUT2D eigenvalue weighted by molar-refractivity contribution is 0.0870. The van der Waals surface area contributed by atoms with Crippen molar-refractivity contribution in [3.05, 3.63) is 109 Å². The summed E-state index contributed by atoms with van der Waals surface area (Å²) in [6.07, 6.45) is 3.03. The van der Waals surface area contributed by atoms with Gasteiger partial charge in [-0.1, -0.05) is 36.4 Å². The number of aromatic nitrogens is 10. The first kappa shape index (κ1) is 33.8. The highest BCUT2D eigenvalue weighted by atomic mass is 16.2. The van der Waals surface area contributed by atoms with Gasteiger partial charge in [0.25, 0.3) is 0 Å². The average Bonchev–Trinajstić information content (AvgIpc) is 4.09. The Morgan fingerprint density at radius 1 is 0.518 bits per heavy atom. The number of nitrogens with one attached hydrogen (secondary N) is 4. The van der Waals surface area contributed by atoms with Crippen molar-refractivity contribution in [1.82, 2.24) is 70.4 Å². The van der Waals surface area contributed by atoms with Crippen LogP contribution in [0.15, 0.2) is 97.6 Å². The Kier molecular flexibility index (Phi) is 8.76. The molecule has 10 rings (SSSR count). The second-order valence-electron chi connectivity index (χ2n) is 14.5. The van der Waals surface area contributed by atoms with E-state index >= 15 is 0 Å². The standard InChI is InChI=1S/C41H40N14O/c56-41(54-15-11-52(12-16-54)23-27-3-1-5-29(19-27)37-33-21-31(39-42-25-44-50-39)7-9-35(33)46-48-37)55-17-13-53(14-18-55)24-28-4-2-6-30(20-28)38-34-22-32(40-43-26-45-51-40)8-10-36(34)47-49-38/h1-10,19-22,25-26H,11-18,23-24H2,(H,46,48)(H,47,49)(H,42,44,50)(H,43,45,51). The Hall–Kier alpha value is -6.71. The van der Waals surface area contributed by atoms with Gasteiger partial charge < -0.3 is 9.80 Å². The molecule has 4 N–H and O–H groups in total. The first-order chi connectivity index (χ1) is 27.6. The number of piperazine rings is 2. The molecule has 0 unspecified atom stereocenters. The summed E-state index contributed by atoms with van der Waals surface area (Å²) in [4.78, 5) is 31.1. The number of carbonyl (C=O) groups excluding carboxylic acids is 1. The van der Waals surface area contributed by atoms with Crippen LogP contribution in [0.2, 0.25) is 0 Å². The third kappa shape index (κ3) is 6.67. The normalized spacial score (nSPS) is 15.6. The molecule has 2 aliphatic heterocycles. The van der Waals surface area contributed by atoms with E-state index in [1.54, 1.807) is 0 Å². The van der Waals surface area contributed by atoms with Gasteiger partial charge in [-0.3, -0.25) is 30.2 Å². The average molecular weight is 745 g/mol. The highest BCUT2D eigenvalue weighted by Crippen LogP contribution is 2.32. The first-order valence-electron chi connectivity index (χ1n) is 19.0. The van der Waals surface area contributed by atoms with Crippen LogP contribution < -0.4 is 0 Å². The molecule has 0 aliphatic carbocycles. The first-order valence-corrected chi connectivity index (χ1v) is 19.0. The maximum atomic E-state index is 13.6. The molecule has 56 heavy (non-hydrogen) atoms. The molecule has 6 heterocycles. The van der Waals surface area contributed by atoms with Crippen LogP contribution in [-0.4, -0.2) is 129 Å². The van der Waals surface area contributed by atoms with E-state index in [1.807, 2.05) is 34.1 Å². The van der Waals surface area contributed by atoms with Crippen LogP contribution in [0.5, 0.6) is 0 Å². The fourth-order valence-corrected chi connectivity index (χ4v) is 8.00. The number of H-pyrrole nitrogens is 4. The molecule has 280 valence electrons. The molecule has 15 heteroatoms. The molecule has 4 aromatic heterocycles. The SMILES string of the molecule is O=C(N1CCN(Cc2cccc(-c3n[nH]c4ccc(-c5ncn[nH]5)cc34)c2)CC1)N1CCN(Cc2cccc(-c3n[nH]c4ccc(-c5ncn[nH]5)cc34)c2)CC1. The zero-order valence-electron chi connectivity index (χ0n) is 30.7. The number of urea groups is 1. The number of hydrogen-bond acceptors (Lipinski definition) is 9. The van der Waals surface area contributed by atoms with E-state index in [4.69, 9.17) is 0 Å². The van der Waals surface area contributed by atoms with E-state index in [-0.39, 0.29) is 6.03 Å².